The van der Waals surface area contributed by atoms with E-state index < -0.39 is 0 Å². The summed E-state index contributed by atoms with van der Waals surface area (Å²) in [7, 11) is 0. The van der Waals surface area contributed by atoms with Gasteiger partial charge in [-0.1, -0.05) is 44.7 Å². The van der Waals surface area contributed by atoms with Crippen LogP contribution in [0.1, 0.15) is 38.5 Å². The zero-order chi connectivity index (χ0) is 13.7. The van der Waals surface area contributed by atoms with Crippen LogP contribution in [0.25, 0.3) is 0 Å². The highest BCUT2D eigenvalue weighted by Crippen LogP contribution is 2.42. The molecule has 0 heterocycles. The summed E-state index contributed by atoms with van der Waals surface area (Å²) in [5.74, 6) is 0. The molecule has 0 atom stereocenters. The second-order valence-electron chi connectivity index (χ2n) is 3.98. The van der Waals surface area contributed by atoms with Crippen molar-refractivity contribution in [2.45, 2.75) is 38.5 Å². The summed E-state index contributed by atoms with van der Waals surface area (Å²) in [5, 5.41) is 0. The van der Waals surface area contributed by atoms with E-state index in [1.165, 1.54) is 34.6 Å². The van der Waals surface area contributed by atoms with E-state index in [0.717, 1.165) is 30.8 Å². The Labute approximate surface area is 159 Å². The van der Waals surface area contributed by atoms with Crippen molar-refractivity contribution in [2.24, 2.45) is 0 Å². The van der Waals surface area contributed by atoms with Crippen LogP contribution >= 0.6 is 95.6 Å². The van der Waals surface area contributed by atoms with Gasteiger partial charge in [0.15, 0.2) is 0 Å². The SMILES string of the molecule is BrC1=C(Br)C(Br)=C(Br)C(Br)=C(Br)CCCCCC1. The number of allylic oxidation sites excluding steroid dienone is 6. The van der Waals surface area contributed by atoms with Crippen LogP contribution < -0.4 is 0 Å². The zero-order valence-corrected chi connectivity index (χ0v) is 19.0. The molecule has 102 valence electrons. The van der Waals surface area contributed by atoms with Crippen LogP contribution in [0.4, 0.5) is 0 Å². The Morgan fingerprint density at radius 2 is 0.778 bits per heavy atom. The molecular formula is C12H12Br6. The fourth-order valence-corrected chi connectivity index (χ4v) is 5.25. The normalized spacial score (nSPS) is 21.0. The third-order valence-electron chi connectivity index (χ3n) is 2.60. The van der Waals surface area contributed by atoms with Crippen LogP contribution in [-0.4, -0.2) is 0 Å². The smallest absolute Gasteiger partial charge is 0.0479 e. The maximum Gasteiger partial charge on any atom is 0.0479 e. The maximum atomic E-state index is 3.65. The lowest BCUT2D eigenvalue weighted by atomic mass is 10.1. The minimum absolute atomic E-state index is 1.01. The zero-order valence-electron chi connectivity index (χ0n) is 9.51. The summed E-state index contributed by atoms with van der Waals surface area (Å²) < 4.78 is 6.54. The summed E-state index contributed by atoms with van der Waals surface area (Å²) in [6.07, 6.45) is 7.12. The van der Waals surface area contributed by atoms with Gasteiger partial charge >= 0.3 is 0 Å². The first kappa shape index (κ1) is 18.1. The van der Waals surface area contributed by atoms with Crippen molar-refractivity contribution in [3.63, 3.8) is 0 Å². The fourth-order valence-electron chi connectivity index (χ4n) is 1.56. The first-order chi connectivity index (χ1) is 8.45. The second kappa shape index (κ2) is 9.19. The summed E-state index contributed by atoms with van der Waals surface area (Å²) in [6, 6.07) is 0. The molecule has 1 aliphatic carbocycles. The van der Waals surface area contributed by atoms with Gasteiger partial charge < -0.3 is 0 Å². The molecule has 0 radical (unpaired) electrons. The van der Waals surface area contributed by atoms with Gasteiger partial charge in [0, 0.05) is 26.9 Å². The molecule has 0 aliphatic heterocycles. The number of hydrogen-bond acceptors (Lipinski definition) is 0. The van der Waals surface area contributed by atoms with Gasteiger partial charge in [0.1, 0.15) is 0 Å². The van der Waals surface area contributed by atoms with E-state index in [0.29, 0.717) is 0 Å². The van der Waals surface area contributed by atoms with Gasteiger partial charge in [-0.05, 0) is 89.4 Å². The molecule has 0 unspecified atom stereocenters. The molecule has 1 aliphatic rings. The predicted molar refractivity (Wildman–Crippen MR) is 102 cm³/mol. The Bertz CT molecular complexity index is 367. The van der Waals surface area contributed by atoms with E-state index in [9.17, 15) is 0 Å². The summed E-state index contributed by atoms with van der Waals surface area (Å²) in [4.78, 5) is 0. The molecule has 0 aromatic heterocycles. The van der Waals surface area contributed by atoms with E-state index in [4.69, 9.17) is 0 Å². The summed E-state index contributed by atoms with van der Waals surface area (Å²) >= 11 is 21.8. The monoisotopic (exact) mass is 630 g/mol. The van der Waals surface area contributed by atoms with Crippen LogP contribution in [0.2, 0.25) is 0 Å². The minimum atomic E-state index is 1.01. The lowest BCUT2D eigenvalue weighted by Gasteiger charge is -2.11. The molecule has 0 N–H and O–H groups in total. The maximum absolute atomic E-state index is 3.65. The van der Waals surface area contributed by atoms with E-state index in [2.05, 4.69) is 95.6 Å². The van der Waals surface area contributed by atoms with Crippen LogP contribution in [-0.2, 0) is 0 Å². The minimum Gasteiger partial charge on any atom is -0.0544 e. The van der Waals surface area contributed by atoms with E-state index in [1.54, 1.807) is 0 Å². The van der Waals surface area contributed by atoms with Gasteiger partial charge in [0.05, 0.1) is 0 Å². The Hall–Kier alpha value is 2.10. The molecule has 18 heavy (non-hydrogen) atoms. The molecule has 6 heteroatoms. The third-order valence-corrected chi connectivity index (χ3v) is 10.2. The van der Waals surface area contributed by atoms with Gasteiger partial charge in [0.25, 0.3) is 0 Å². The van der Waals surface area contributed by atoms with Gasteiger partial charge in [-0.2, -0.15) is 0 Å². The standard InChI is InChI=1S/C12H12Br6/c13-7-5-3-1-2-4-6-8(14)10(16)12(18)11(17)9(7)15/h1-6H2. The lowest BCUT2D eigenvalue weighted by molar-refractivity contribution is 0.649. The highest BCUT2D eigenvalue weighted by Gasteiger charge is 2.14. The molecular weight excluding hydrogens is 624 g/mol. The molecule has 0 bridgehead atoms. The molecule has 0 saturated heterocycles. The lowest BCUT2D eigenvalue weighted by Crippen LogP contribution is -1.89. The average Bonchev–Trinajstić information content (AvgIpc) is 2.37. The van der Waals surface area contributed by atoms with Crippen molar-refractivity contribution in [1.29, 1.82) is 0 Å². The molecule has 0 fully saturated rings. The van der Waals surface area contributed by atoms with Gasteiger partial charge in [-0.25, -0.2) is 0 Å². The first-order valence-corrected chi connectivity index (χ1v) is 10.3. The average molecular weight is 636 g/mol. The van der Waals surface area contributed by atoms with Crippen molar-refractivity contribution >= 4 is 95.6 Å². The van der Waals surface area contributed by atoms with Gasteiger partial charge in [-0.3, -0.25) is 0 Å². The fraction of sp³-hybridized carbons (Fsp3) is 0.500. The molecule has 0 spiro atoms. The Kier molecular flexibility index (Phi) is 9.26. The Balaban J connectivity index is 3.19. The molecule has 0 saturated carbocycles. The molecule has 0 amide bonds. The predicted octanol–water partition coefficient (Wildman–Crippen LogP) is 8.34. The van der Waals surface area contributed by atoms with E-state index in [-0.39, 0.29) is 0 Å². The third kappa shape index (κ3) is 5.47. The van der Waals surface area contributed by atoms with Crippen LogP contribution in [0.3, 0.4) is 0 Å². The largest absolute Gasteiger partial charge is 0.0544 e. The highest BCUT2D eigenvalue weighted by molar-refractivity contribution is 9.18. The Morgan fingerprint density at radius 1 is 0.444 bits per heavy atom. The molecule has 0 aromatic carbocycles. The van der Waals surface area contributed by atoms with Crippen LogP contribution in [0.15, 0.2) is 26.9 Å². The second-order valence-corrected chi connectivity index (χ2v) is 9.07. The quantitative estimate of drug-likeness (QED) is 0.251. The summed E-state index contributed by atoms with van der Waals surface area (Å²) in [6.45, 7) is 0. The molecule has 0 aromatic rings. The van der Waals surface area contributed by atoms with Crippen molar-refractivity contribution in [1.82, 2.24) is 0 Å². The van der Waals surface area contributed by atoms with Crippen LogP contribution in [0.5, 0.6) is 0 Å². The van der Waals surface area contributed by atoms with E-state index in [1.807, 2.05) is 0 Å². The first-order valence-electron chi connectivity index (χ1n) is 5.59. The van der Waals surface area contributed by atoms with Crippen molar-refractivity contribution < 1.29 is 0 Å². The number of rotatable bonds is 0. The molecule has 0 nitrogen and oxygen atoms in total. The Morgan fingerprint density at radius 3 is 1.11 bits per heavy atom. The van der Waals surface area contributed by atoms with Crippen molar-refractivity contribution in [2.75, 3.05) is 0 Å². The molecule has 1 rings (SSSR count). The number of halogens is 6. The number of hydrogen-bond donors (Lipinski definition) is 0. The van der Waals surface area contributed by atoms with Crippen LogP contribution in [0, 0.1) is 0 Å². The van der Waals surface area contributed by atoms with Crippen molar-refractivity contribution in [3.8, 4) is 0 Å². The van der Waals surface area contributed by atoms with Gasteiger partial charge in [0.2, 0.25) is 0 Å². The summed E-state index contributed by atoms with van der Waals surface area (Å²) in [5.41, 5.74) is 0. The van der Waals surface area contributed by atoms with E-state index >= 15 is 0 Å². The van der Waals surface area contributed by atoms with Crippen molar-refractivity contribution in [3.05, 3.63) is 26.9 Å². The highest BCUT2D eigenvalue weighted by atomic mass is 79.9. The topological polar surface area (TPSA) is 0 Å². The van der Waals surface area contributed by atoms with Gasteiger partial charge in [-0.15, -0.1) is 0 Å².